The minimum atomic E-state index is -0.797. The van der Waals surface area contributed by atoms with Gasteiger partial charge in [0.25, 0.3) is 5.91 Å². The molecule has 1 aromatic rings. The molecule has 0 aliphatic rings. The average molecular weight is 241 g/mol. The number of ether oxygens (including phenoxy) is 2. The van der Waals surface area contributed by atoms with Gasteiger partial charge in [-0.3, -0.25) is 4.79 Å². The highest BCUT2D eigenvalue weighted by molar-refractivity contribution is 5.96. The minimum Gasteiger partial charge on any atom is -0.508 e. The molecule has 0 aliphatic heterocycles. The Bertz CT molecular complexity index is 393. The maximum atomic E-state index is 11.1. The fraction of sp³-hybridized carbons (Fsp3) is 0.364. The zero-order valence-corrected chi connectivity index (χ0v) is 9.42. The topological polar surface area (TPSA) is 102 Å². The van der Waals surface area contributed by atoms with Crippen LogP contribution >= 0.6 is 0 Å². The van der Waals surface area contributed by atoms with Gasteiger partial charge in [-0.15, -0.1) is 0 Å². The van der Waals surface area contributed by atoms with E-state index in [1.54, 1.807) is 0 Å². The number of carbonyl (C=O) groups excluding carboxylic acids is 1. The minimum absolute atomic E-state index is 0.0289. The summed E-state index contributed by atoms with van der Waals surface area (Å²) in [7, 11) is 1.46. The van der Waals surface area contributed by atoms with Crippen molar-refractivity contribution in [2.75, 3.05) is 20.3 Å². The van der Waals surface area contributed by atoms with Crippen LogP contribution in [0, 0.1) is 0 Å². The van der Waals surface area contributed by atoms with Gasteiger partial charge in [0, 0.05) is 7.11 Å². The number of methoxy groups -OCH3 is 1. The Morgan fingerprint density at radius 1 is 1.47 bits per heavy atom. The number of amides is 1. The summed E-state index contributed by atoms with van der Waals surface area (Å²) in [6.45, 7) is 0.100. The third-order valence-corrected chi connectivity index (χ3v) is 2.02. The number of rotatable bonds is 6. The molecule has 1 atom stereocenters. The molecule has 6 heteroatoms. The maximum Gasteiger partial charge on any atom is 0.252 e. The van der Waals surface area contributed by atoms with Crippen LogP contribution in [-0.2, 0) is 4.74 Å². The number of hydrogen-bond acceptors (Lipinski definition) is 5. The third kappa shape index (κ3) is 3.93. The first-order valence-corrected chi connectivity index (χ1v) is 4.97. The van der Waals surface area contributed by atoms with Gasteiger partial charge in [0.2, 0.25) is 0 Å². The Labute approximate surface area is 98.6 Å². The van der Waals surface area contributed by atoms with Gasteiger partial charge in [-0.05, 0) is 18.2 Å². The molecule has 6 nitrogen and oxygen atoms in total. The van der Waals surface area contributed by atoms with Crippen LogP contribution in [0.5, 0.6) is 11.5 Å². The Hall–Kier alpha value is -1.79. The van der Waals surface area contributed by atoms with Gasteiger partial charge in [-0.2, -0.15) is 0 Å². The van der Waals surface area contributed by atoms with Crippen LogP contribution < -0.4 is 10.5 Å². The SMILES string of the molecule is COCC(O)COc1ccc(O)cc1C(N)=O. The predicted octanol–water partition coefficient (Wildman–Crippen LogP) is -0.123. The number of primary amides is 1. The van der Waals surface area contributed by atoms with Crippen LogP contribution in [0.15, 0.2) is 18.2 Å². The third-order valence-electron chi connectivity index (χ3n) is 2.02. The normalized spacial score (nSPS) is 12.1. The number of phenolic OH excluding ortho intramolecular Hbond substituents is 1. The molecule has 0 bridgehead atoms. The molecule has 1 amide bonds. The summed E-state index contributed by atoms with van der Waals surface area (Å²) in [5, 5.41) is 18.6. The molecule has 0 saturated carbocycles. The van der Waals surface area contributed by atoms with E-state index in [0.717, 1.165) is 0 Å². The molecule has 94 valence electrons. The summed E-state index contributed by atoms with van der Waals surface area (Å²) in [6.07, 6.45) is -0.797. The van der Waals surface area contributed by atoms with Crippen molar-refractivity contribution in [2.24, 2.45) is 5.73 Å². The quantitative estimate of drug-likeness (QED) is 0.644. The largest absolute Gasteiger partial charge is 0.508 e. The van der Waals surface area contributed by atoms with E-state index in [-0.39, 0.29) is 30.3 Å². The summed E-state index contributed by atoms with van der Waals surface area (Å²) < 4.78 is 9.95. The fourth-order valence-electron chi connectivity index (χ4n) is 1.26. The first-order valence-electron chi connectivity index (χ1n) is 4.97. The van der Waals surface area contributed by atoms with Crippen LogP contribution in [0.1, 0.15) is 10.4 Å². The van der Waals surface area contributed by atoms with Crippen LogP contribution in [0.25, 0.3) is 0 Å². The molecule has 1 unspecified atom stereocenters. The number of aliphatic hydroxyl groups is 1. The van der Waals surface area contributed by atoms with Crippen molar-refractivity contribution in [2.45, 2.75) is 6.10 Å². The van der Waals surface area contributed by atoms with E-state index in [1.807, 2.05) is 0 Å². The average Bonchev–Trinajstić information content (AvgIpc) is 2.27. The summed E-state index contributed by atoms with van der Waals surface area (Å²) in [5.41, 5.74) is 5.20. The Morgan fingerprint density at radius 3 is 2.76 bits per heavy atom. The number of aromatic hydroxyl groups is 1. The van der Waals surface area contributed by atoms with Gasteiger partial charge in [0.1, 0.15) is 24.2 Å². The first-order chi connectivity index (χ1) is 8.04. The summed E-state index contributed by atoms with van der Waals surface area (Å²) in [6, 6.07) is 3.99. The second kappa shape index (κ2) is 6.07. The highest BCUT2D eigenvalue weighted by Crippen LogP contribution is 2.23. The van der Waals surface area contributed by atoms with Gasteiger partial charge in [0.05, 0.1) is 12.2 Å². The van der Waals surface area contributed by atoms with Crippen molar-refractivity contribution in [3.05, 3.63) is 23.8 Å². The van der Waals surface area contributed by atoms with Crippen LogP contribution in [0.4, 0.5) is 0 Å². The second-order valence-electron chi connectivity index (χ2n) is 3.46. The molecule has 1 aromatic carbocycles. The van der Waals surface area contributed by atoms with Crippen molar-refractivity contribution < 1.29 is 24.5 Å². The molecule has 0 aromatic heterocycles. The Balaban J connectivity index is 2.73. The molecule has 0 saturated heterocycles. The number of nitrogens with two attached hydrogens (primary N) is 1. The summed E-state index contributed by atoms with van der Waals surface area (Å²) in [5.74, 6) is -0.578. The maximum absolute atomic E-state index is 11.1. The lowest BCUT2D eigenvalue weighted by molar-refractivity contribution is 0.0323. The van der Waals surface area contributed by atoms with E-state index in [0.29, 0.717) is 0 Å². The second-order valence-corrected chi connectivity index (χ2v) is 3.46. The van der Waals surface area contributed by atoms with Gasteiger partial charge in [0.15, 0.2) is 0 Å². The van der Waals surface area contributed by atoms with Gasteiger partial charge in [-0.1, -0.05) is 0 Å². The van der Waals surface area contributed by atoms with Gasteiger partial charge < -0.3 is 25.4 Å². The van der Waals surface area contributed by atoms with Crippen LogP contribution in [-0.4, -0.2) is 42.5 Å². The lowest BCUT2D eigenvalue weighted by Gasteiger charge is -2.13. The number of benzene rings is 1. The van der Waals surface area contributed by atoms with E-state index >= 15 is 0 Å². The van der Waals surface area contributed by atoms with Gasteiger partial charge >= 0.3 is 0 Å². The van der Waals surface area contributed by atoms with E-state index in [2.05, 4.69) is 0 Å². The molecule has 4 N–H and O–H groups in total. The number of phenols is 1. The summed E-state index contributed by atoms with van der Waals surface area (Å²) in [4.78, 5) is 11.1. The number of hydrogen-bond donors (Lipinski definition) is 3. The monoisotopic (exact) mass is 241 g/mol. The number of aliphatic hydroxyl groups excluding tert-OH is 1. The molecule has 1 rings (SSSR count). The highest BCUT2D eigenvalue weighted by atomic mass is 16.5. The van der Waals surface area contributed by atoms with Crippen LogP contribution in [0.3, 0.4) is 0 Å². The van der Waals surface area contributed by atoms with Crippen molar-refractivity contribution in [1.29, 1.82) is 0 Å². The van der Waals surface area contributed by atoms with Crippen LogP contribution in [0.2, 0.25) is 0 Å². The van der Waals surface area contributed by atoms with Crippen molar-refractivity contribution >= 4 is 5.91 Å². The Morgan fingerprint density at radius 2 is 2.18 bits per heavy atom. The van der Waals surface area contributed by atoms with Crippen molar-refractivity contribution in [3.8, 4) is 11.5 Å². The molecule has 0 aliphatic carbocycles. The molecular weight excluding hydrogens is 226 g/mol. The lowest BCUT2D eigenvalue weighted by atomic mass is 10.2. The molecule has 0 heterocycles. The molecular formula is C11H15NO5. The number of carbonyl (C=O) groups is 1. The zero-order valence-electron chi connectivity index (χ0n) is 9.42. The molecule has 17 heavy (non-hydrogen) atoms. The predicted molar refractivity (Wildman–Crippen MR) is 60.0 cm³/mol. The zero-order chi connectivity index (χ0) is 12.8. The molecule has 0 radical (unpaired) electrons. The van der Waals surface area contributed by atoms with E-state index in [1.165, 1.54) is 25.3 Å². The van der Waals surface area contributed by atoms with E-state index in [9.17, 15) is 15.0 Å². The van der Waals surface area contributed by atoms with E-state index in [4.69, 9.17) is 15.2 Å². The summed E-state index contributed by atoms with van der Waals surface area (Å²) >= 11 is 0. The van der Waals surface area contributed by atoms with Crippen molar-refractivity contribution in [3.63, 3.8) is 0 Å². The van der Waals surface area contributed by atoms with Gasteiger partial charge in [-0.25, -0.2) is 0 Å². The fourth-order valence-corrected chi connectivity index (χ4v) is 1.26. The Kier molecular flexibility index (Phi) is 4.74. The highest BCUT2D eigenvalue weighted by Gasteiger charge is 2.12. The smallest absolute Gasteiger partial charge is 0.252 e. The molecule has 0 spiro atoms. The van der Waals surface area contributed by atoms with E-state index < -0.39 is 12.0 Å². The standard InChI is InChI=1S/C11H15NO5/c1-16-5-8(14)6-17-10-3-2-7(13)4-9(10)11(12)15/h2-4,8,13-14H,5-6H2,1H3,(H2,12,15). The first kappa shape index (κ1) is 13.3. The van der Waals surface area contributed by atoms with Crippen molar-refractivity contribution in [1.82, 2.24) is 0 Å². The lowest BCUT2D eigenvalue weighted by Crippen LogP contribution is -2.23. The molecule has 0 fully saturated rings.